The molecule has 7 nitrogen and oxygen atoms in total. The Hall–Kier alpha value is -3.35. The summed E-state index contributed by atoms with van der Waals surface area (Å²) in [6.45, 7) is 1.30. The SMILES string of the molecule is CN1C(=O)C2C(NC(=NCCc3ccccc3)N2CCCc2ccccc2)N(C)C1=O. The van der Waals surface area contributed by atoms with Crippen LogP contribution in [0.15, 0.2) is 65.7 Å². The van der Waals surface area contributed by atoms with Gasteiger partial charge in [0.1, 0.15) is 6.17 Å². The van der Waals surface area contributed by atoms with E-state index in [0.717, 1.165) is 19.3 Å². The van der Waals surface area contributed by atoms with E-state index in [9.17, 15) is 9.59 Å². The maximum atomic E-state index is 13.0. The lowest BCUT2D eigenvalue weighted by Crippen LogP contribution is -2.65. The fourth-order valence-electron chi connectivity index (χ4n) is 4.24. The summed E-state index contributed by atoms with van der Waals surface area (Å²) < 4.78 is 0. The monoisotopic (exact) mass is 419 g/mol. The number of nitrogens with one attached hydrogen (secondary N) is 1. The van der Waals surface area contributed by atoms with E-state index in [4.69, 9.17) is 4.99 Å². The van der Waals surface area contributed by atoms with E-state index in [2.05, 4.69) is 29.6 Å². The van der Waals surface area contributed by atoms with Crippen LogP contribution in [0.3, 0.4) is 0 Å². The molecule has 162 valence electrons. The molecule has 2 aliphatic heterocycles. The van der Waals surface area contributed by atoms with Gasteiger partial charge in [0.15, 0.2) is 12.0 Å². The molecule has 1 N–H and O–H groups in total. The van der Waals surface area contributed by atoms with Crippen LogP contribution >= 0.6 is 0 Å². The van der Waals surface area contributed by atoms with Gasteiger partial charge >= 0.3 is 6.03 Å². The molecule has 2 aromatic rings. The molecule has 0 bridgehead atoms. The van der Waals surface area contributed by atoms with Crippen molar-refractivity contribution in [2.45, 2.75) is 31.5 Å². The van der Waals surface area contributed by atoms with Crippen LogP contribution in [0.25, 0.3) is 0 Å². The average Bonchev–Trinajstić information content (AvgIpc) is 3.16. The van der Waals surface area contributed by atoms with E-state index in [-0.39, 0.29) is 11.9 Å². The number of aryl methyl sites for hydroxylation is 1. The van der Waals surface area contributed by atoms with Crippen LogP contribution in [-0.2, 0) is 17.6 Å². The Morgan fingerprint density at radius 1 is 0.903 bits per heavy atom. The number of hydrogen-bond acceptors (Lipinski definition) is 3. The molecule has 3 amide bonds. The number of amides is 3. The highest BCUT2D eigenvalue weighted by Crippen LogP contribution is 2.24. The number of benzene rings is 2. The minimum absolute atomic E-state index is 0.187. The zero-order valence-corrected chi connectivity index (χ0v) is 18.1. The number of fused-ring (bicyclic) bond motifs is 1. The van der Waals surface area contributed by atoms with Gasteiger partial charge in [0.2, 0.25) is 0 Å². The van der Waals surface area contributed by atoms with Crippen molar-refractivity contribution in [2.75, 3.05) is 27.2 Å². The normalized spacial score (nSPS) is 22.1. The van der Waals surface area contributed by atoms with Gasteiger partial charge in [-0.2, -0.15) is 0 Å². The molecule has 2 saturated heterocycles. The number of nitrogens with zero attached hydrogens (tertiary/aromatic N) is 4. The Labute approximate surface area is 183 Å². The van der Waals surface area contributed by atoms with Crippen molar-refractivity contribution in [1.29, 1.82) is 0 Å². The van der Waals surface area contributed by atoms with Crippen LogP contribution in [0.4, 0.5) is 4.79 Å². The molecule has 2 atom stereocenters. The smallest absolute Gasteiger partial charge is 0.327 e. The second kappa shape index (κ2) is 9.20. The van der Waals surface area contributed by atoms with Crippen molar-refractivity contribution in [2.24, 2.45) is 4.99 Å². The topological polar surface area (TPSA) is 68.2 Å². The van der Waals surface area contributed by atoms with E-state index in [0.29, 0.717) is 19.0 Å². The quantitative estimate of drug-likeness (QED) is 0.748. The number of urea groups is 1. The Morgan fingerprint density at radius 3 is 2.16 bits per heavy atom. The van der Waals surface area contributed by atoms with E-state index in [1.807, 2.05) is 41.3 Å². The molecule has 2 unspecified atom stereocenters. The van der Waals surface area contributed by atoms with E-state index in [1.54, 1.807) is 19.0 Å². The number of rotatable bonds is 7. The molecular weight excluding hydrogens is 390 g/mol. The summed E-state index contributed by atoms with van der Waals surface area (Å²) in [5, 5.41) is 3.34. The highest BCUT2D eigenvalue weighted by atomic mass is 16.2. The summed E-state index contributed by atoms with van der Waals surface area (Å²) in [4.78, 5) is 35.0. The van der Waals surface area contributed by atoms with Gasteiger partial charge in [0.05, 0.1) is 0 Å². The summed E-state index contributed by atoms with van der Waals surface area (Å²) in [5.41, 5.74) is 2.49. The van der Waals surface area contributed by atoms with E-state index >= 15 is 0 Å². The number of likely N-dealkylation sites (N-methyl/N-ethyl adjacent to an activating group) is 2. The molecule has 0 saturated carbocycles. The Kier molecular flexibility index (Phi) is 6.21. The van der Waals surface area contributed by atoms with Crippen molar-refractivity contribution in [3.05, 3.63) is 71.8 Å². The number of carbonyl (C=O) groups excluding carboxylic acids is 2. The minimum atomic E-state index is -0.459. The largest absolute Gasteiger partial charge is 0.334 e. The third kappa shape index (κ3) is 4.40. The van der Waals surface area contributed by atoms with Gasteiger partial charge in [-0.25, -0.2) is 4.79 Å². The van der Waals surface area contributed by atoms with Gasteiger partial charge in [0, 0.05) is 27.2 Å². The van der Waals surface area contributed by atoms with Crippen LogP contribution in [0.5, 0.6) is 0 Å². The number of aliphatic imine (C=N–C) groups is 1. The maximum Gasteiger partial charge on any atom is 0.327 e. The maximum absolute atomic E-state index is 13.0. The lowest BCUT2D eigenvalue weighted by molar-refractivity contribution is -0.136. The predicted octanol–water partition coefficient (Wildman–Crippen LogP) is 2.34. The molecule has 4 rings (SSSR count). The van der Waals surface area contributed by atoms with Gasteiger partial charge in [-0.1, -0.05) is 60.7 Å². The van der Waals surface area contributed by atoms with Crippen LogP contribution in [0.1, 0.15) is 17.5 Å². The third-order valence-electron chi connectivity index (χ3n) is 5.99. The predicted molar refractivity (Wildman–Crippen MR) is 121 cm³/mol. The van der Waals surface area contributed by atoms with Crippen LogP contribution in [0.2, 0.25) is 0 Å². The van der Waals surface area contributed by atoms with Crippen LogP contribution in [0, 0.1) is 0 Å². The Morgan fingerprint density at radius 2 is 1.52 bits per heavy atom. The van der Waals surface area contributed by atoms with Crippen molar-refractivity contribution >= 4 is 17.9 Å². The van der Waals surface area contributed by atoms with Gasteiger partial charge < -0.3 is 15.1 Å². The van der Waals surface area contributed by atoms with Gasteiger partial charge in [-0.3, -0.25) is 14.7 Å². The molecule has 7 heteroatoms. The van der Waals surface area contributed by atoms with Crippen LogP contribution < -0.4 is 5.32 Å². The standard InChI is InChI=1S/C24H29N5O2/c1-27-21-20(22(30)28(2)24(27)31)29(17-9-14-18-10-5-3-6-11-18)23(26-21)25-16-15-19-12-7-4-8-13-19/h3-8,10-13,20-21H,9,14-17H2,1-2H3,(H,25,26). The van der Waals surface area contributed by atoms with Crippen molar-refractivity contribution in [3.8, 4) is 0 Å². The zero-order chi connectivity index (χ0) is 21.8. The van der Waals surface area contributed by atoms with Gasteiger partial charge in [0.25, 0.3) is 5.91 Å². The number of imide groups is 1. The molecule has 0 aromatic heterocycles. The van der Waals surface area contributed by atoms with E-state index in [1.165, 1.54) is 16.0 Å². The first-order valence-electron chi connectivity index (χ1n) is 10.8. The second-order valence-electron chi connectivity index (χ2n) is 8.05. The third-order valence-corrected chi connectivity index (χ3v) is 5.99. The summed E-state index contributed by atoms with van der Waals surface area (Å²) in [5.74, 6) is 0.510. The highest BCUT2D eigenvalue weighted by molar-refractivity contribution is 6.04. The Bertz CT molecular complexity index is 947. The summed E-state index contributed by atoms with van der Waals surface area (Å²) in [6.07, 6.45) is 2.23. The number of hydrogen-bond donors (Lipinski definition) is 1. The molecular formula is C24H29N5O2. The van der Waals surface area contributed by atoms with Crippen molar-refractivity contribution in [1.82, 2.24) is 20.0 Å². The minimum Gasteiger partial charge on any atom is -0.334 e. The van der Waals surface area contributed by atoms with Gasteiger partial charge in [-0.15, -0.1) is 0 Å². The molecule has 2 fully saturated rings. The number of guanidine groups is 1. The molecule has 0 aliphatic carbocycles. The lowest BCUT2D eigenvalue weighted by Gasteiger charge is -2.39. The van der Waals surface area contributed by atoms with Crippen LogP contribution in [-0.4, -0.2) is 72.0 Å². The first-order chi connectivity index (χ1) is 15.1. The molecule has 0 spiro atoms. The van der Waals surface area contributed by atoms with E-state index < -0.39 is 12.2 Å². The van der Waals surface area contributed by atoms with Gasteiger partial charge in [-0.05, 0) is 30.4 Å². The lowest BCUT2D eigenvalue weighted by atomic mass is 10.1. The fourth-order valence-corrected chi connectivity index (χ4v) is 4.24. The molecule has 2 heterocycles. The first-order valence-corrected chi connectivity index (χ1v) is 10.8. The summed E-state index contributed by atoms with van der Waals surface area (Å²) in [6, 6.07) is 19.8. The van der Waals surface area contributed by atoms with Crippen molar-refractivity contribution < 1.29 is 9.59 Å². The van der Waals surface area contributed by atoms with Crippen molar-refractivity contribution in [3.63, 3.8) is 0 Å². The fraction of sp³-hybridized carbons (Fsp3) is 0.375. The Balaban J connectivity index is 1.50. The highest BCUT2D eigenvalue weighted by Gasteiger charge is 2.51. The average molecular weight is 420 g/mol. The zero-order valence-electron chi connectivity index (χ0n) is 18.1. The second-order valence-corrected chi connectivity index (χ2v) is 8.05. The molecule has 2 aliphatic rings. The summed E-state index contributed by atoms with van der Waals surface area (Å²) >= 11 is 0. The summed E-state index contributed by atoms with van der Waals surface area (Å²) in [7, 11) is 3.27. The molecule has 31 heavy (non-hydrogen) atoms. The number of carbonyl (C=O) groups is 2. The molecule has 0 radical (unpaired) electrons. The molecule has 2 aromatic carbocycles. The first kappa shape index (κ1) is 20.9.